The number of nitrogens with one attached hydrogen (secondary N) is 1. The van der Waals surface area contributed by atoms with Crippen molar-refractivity contribution >= 4 is 23.3 Å². The molecule has 0 bridgehead atoms. The number of aromatic nitrogens is 1. The SMILES string of the molecule is CNC(=O)c1cc(N)ns1. The third kappa shape index (κ3) is 1.24. The van der Waals surface area contributed by atoms with Gasteiger partial charge in [0, 0.05) is 13.1 Å². The average Bonchev–Trinajstić information content (AvgIpc) is 2.34. The van der Waals surface area contributed by atoms with Crippen molar-refractivity contribution in [3.63, 3.8) is 0 Å². The van der Waals surface area contributed by atoms with Gasteiger partial charge in [0.25, 0.3) is 5.91 Å². The van der Waals surface area contributed by atoms with Gasteiger partial charge < -0.3 is 11.1 Å². The lowest BCUT2D eigenvalue weighted by Gasteiger charge is -1.89. The number of rotatable bonds is 1. The third-order valence-corrected chi connectivity index (χ3v) is 1.78. The molecule has 10 heavy (non-hydrogen) atoms. The highest BCUT2D eigenvalue weighted by Gasteiger charge is 2.05. The first-order valence-corrected chi connectivity index (χ1v) is 3.45. The van der Waals surface area contributed by atoms with Crippen LogP contribution in [0.3, 0.4) is 0 Å². The van der Waals surface area contributed by atoms with E-state index in [1.165, 1.54) is 0 Å². The fraction of sp³-hybridized carbons (Fsp3) is 0.200. The predicted octanol–water partition coefficient (Wildman–Crippen LogP) is 0.0849. The van der Waals surface area contributed by atoms with Gasteiger partial charge in [0.2, 0.25) is 0 Å². The normalized spacial score (nSPS) is 9.30. The van der Waals surface area contributed by atoms with E-state index in [0.717, 1.165) is 11.5 Å². The zero-order valence-electron chi connectivity index (χ0n) is 5.42. The Hall–Kier alpha value is -1.10. The third-order valence-electron chi connectivity index (χ3n) is 0.979. The molecule has 0 fully saturated rings. The van der Waals surface area contributed by atoms with Gasteiger partial charge in [0.1, 0.15) is 10.7 Å². The van der Waals surface area contributed by atoms with Gasteiger partial charge in [-0.1, -0.05) is 0 Å². The van der Waals surface area contributed by atoms with Crippen LogP contribution in [-0.2, 0) is 0 Å². The van der Waals surface area contributed by atoms with Crippen LogP contribution in [0.5, 0.6) is 0 Å². The molecular formula is C5H7N3OS. The second kappa shape index (κ2) is 2.66. The smallest absolute Gasteiger partial charge is 0.262 e. The van der Waals surface area contributed by atoms with E-state index in [1.807, 2.05) is 0 Å². The number of hydrogen-bond donors (Lipinski definition) is 2. The van der Waals surface area contributed by atoms with Gasteiger partial charge in [-0.15, -0.1) is 0 Å². The fourth-order valence-corrected chi connectivity index (χ4v) is 1.13. The maximum absolute atomic E-state index is 10.8. The Morgan fingerprint density at radius 3 is 3.00 bits per heavy atom. The molecule has 0 saturated heterocycles. The molecule has 3 N–H and O–H groups in total. The Bertz CT molecular complexity index is 245. The van der Waals surface area contributed by atoms with Crippen LogP contribution in [0.1, 0.15) is 9.67 Å². The lowest BCUT2D eigenvalue weighted by atomic mass is 10.4. The number of carbonyl (C=O) groups is 1. The van der Waals surface area contributed by atoms with Gasteiger partial charge in [-0.2, -0.15) is 4.37 Å². The van der Waals surface area contributed by atoms with Crippen LogP contribution in [0.25, 0.3) is 0 Å². The minimum Gasteiger partial charge on any atom is -0.383 e. The topological polar surface area (TPSA) is 68.0 Å². The number of anilines is 1. The summed E-state index contributed by atoms with van der Waals surface area (Å²) >= 11 is 1.10. The van der Waals surface area contributed by atoms with Crippen molar-refractivity contribution in [3.8, 4) is 0 Å². The number of carbonyl (C=O) groups excluding carboxylic acids is 1. The monoisotopic (exact) mass is 157 g/mol. The Kier molecular flexibility index (Phi) is 1.86. The van der Waals surface area contributed by atoms with E-state index >= 15 is 0 Å². The molecular weight excluding hydrogens is 150 g/mol. The molecule has 54 valence electrons. The summed E-state index contributed by atoms with van der Waals surface area (Å²) in [5.41, 5.74) is 5.29. The Morgan fingerprint density at radius 1 is 1.90 bits per heavy atom. The number of nitrogens with zero attached hydrogens (tertiary/aromatic N) is 1. The summed E-state index contributed by atoms with van der Waals surface area (Å²) in [6.07, 6.45) is 0. The van der Waals surface area contributed by atoms with Gasteiger partial charge in [0.15, 0.2) is 0 Å². The number of amides is 1. The van der Waals surface area contributed by atoms with Crippen molar-refractivity contribution in [3.05, 3.63) is 10.9 Å². The maximum atomic E-state index is 10.8. The molecule has 4 nitrogen and oxygen atoms in total. The molecule has 0 atom stereocenters. The minimum absolute atomic E-state index is 0.144. The highest BCUT2D eigenvalue weighted by molar-refractivity contribution is 7.08. The van der Waals surface area contributed by atoms with Gasteiger partial charge in [-0.25, -0.2) is 0 Å². The standard InChI is InChI=1S/C5H7N3OS/c1-7-5(9)3-2-4(6)8-10-3/h2H,1H3,(H2,6,8)(H,7,9). The summed E-state index contributed by atoms with van der Waals surface area (Å²) in [7, 11) is 1.57. The highest BCUT2D eigenvalue weighted by Crippen LogP contribution is 2.09. The summed E-state index contributed by atoms with van der Waals surface area (Å²) in [6.45, 7) is 0. The summed E-state index contributed by atoms with van der Waals surface area (Å²) < 4.78 is 3.74. The van der Waals surface area contributed by atoms with Crippen LogP contribution in [0.15, 0.2) is 6.07 Å². The van der Waals surface area contributed by atoms with Crippen LogP contribution in [0, 0.1) is 0 Å². The Labute approximate surface area is 62.2 Å². The lowest BCUT2D eigenvalue weighted by Crippen LogP contribution is -2.16. The zero-order chi connectivity index (χ0) is 7.56. The number of hydrogen-bond acceptors (Lipinski definition) is 4. The summed E-state index contributed by atoms with van der Waals surface area (Å²) in [4.78, 5) is 11.4. The van der Waals surface area contributed by atoms with Crippen molar-refractivity contribution in [2.24, 2.45) is 0 Å². The molecule has 1 aromatic heterocycles. The van der Waals surface area contributed by atoms with Crippen molar-refractivity contribution in [1.29, 1.82) is 0 Å². The highest BCUT2D eigenvalue weighted by atomic mass is 32.1. The molecule has 0 aliphatic heterocycles. The van der Waals surface area contributed by atoms with Crippen molar-refractivity contribution in [2.45, 2.75) is 0 Å². The predicted molar refractivity (Wildman–Crippen MR) is 39.9 cm³/mol. The first kappa shape index (κ1) is 7.01. The van der Waals surface area contributed by atoms with E-state index in [4.69, 9.17) is 5.73 Å². The molecule has 0 aliphatic rings. The van der Waals surface area contributed by atoms with Gasteiger partial charge in [-0.3, -0.25) is 4.79 Å². The molecule has 0 spiro atoms. The Balaban J connectivity index is 2.85. The van der Waals surface area contributed by atoms with E-state index in [2.05, 4.69) is 9.69 Å². The maximum Gasteiger partial charge on any atom is 0.262 e. The van der Waals surface area contributed by atoms with Gasteiger partial charge >= 0.3 is 0 Å². The zero-order valence-corrected chi connectivity index (χ0v) is 6.23. The molecule has 0 saturated carbocycles. The average molecular weight is 157 g/mol. The van der Waals surface area contributed by atoms with E-state index < -0.39 is 0 Å². The van der Waals surface area contributed by atoms with Gasteiger partial charge in [-0.05, 0) is 11.5 Å². The molecule has 1 rings (SSSR count). The first-order chi connectivity index (χ1) is 4.74. The van der Waals surface area contributed by atoms with Crippen molar-refractivity contribution in [2.75, 3.05) is 12.8 Å². The lowest BCUT2D eigenvalue weighted by molar-refractivity contribution is 0.0967. The van der Waals surface area contributed by atoms with Crippen molar-refractivity contribution < 1.29 is 4.79 Å². The van der Waals surface area contributed by atoms with E-state index in [0.29, 0.717) is 10.7 Å². The van der Waals surface area contributed by atoms with Crippen LogP contribution < -0.4 is 11.1 Å². The second-order valence-corrected chi connectivity index (χ2v) is 2.50. The van der Waals surface area contributed by atoms with Gasteiger partial charge in [0.05, 0.1) is 0 Å². The number of nitrogens with two attached hydrogens (primary N) is 1. The molecule has 0 aliphatic carbocycles. The van der Waals surface area contributed by atoms with Crippen LogP contribution >= 0.6 is 11.5 Å². The Morgan fingerprint density at radius 2 is 2.60 bits per heavy atom. The first-order valence-electron chi connectivity index (χ1n) is 2.68. The summed E-state index contributed by atoms with van der Waals surface area (Å²) in [5.74, 6) is 0.248. The van der Waals surface area contributed by atoms with Crippen molar-refractivity contribution in [1.82, 2.24) is 9.69 Å². The van der Waals surface area contributed by atoms with Crippen LogP contribution in [0.2, 0.25) is 0 Å². The molecule has 1 amide bonds. The molecule has 0 radical (unpaired) electrons. The van der Waals surface area contributed by atoms with Crippen LogP contribution in [0.4, 0.5) is 5.82 Å². The molecule has 1 heterocycles. The quantitative estimate of drug-likeness (QED) is 0.606. The fourth-order valence-electron chi connectivity index (χ4n) is 0.519. The molecule has 0 unspecified atom stereocenters. The molecule has 0 aromatic carbocycles. The minimum atomic E-state index is -0.144. The molecule has 5 heteroatoms. The summed E-state index contributed by atoms with van der Waals surface area (Å²) in [5, 5.41) is 2.47. The number of nitrogen functional groups attached to an aromatic ring is 1. The van der Waals surface area contributed by atoms with E-state index in [1.54, 1.807) is 13.1 Å². The second-order valence-electron chi connectivity index (χ2n) is 1.70. The summed E-state index contributed by atoms with van der Waals surface area (Å²) in [6, 6.07) is 1.55. The largest absolute Gasteiger partial charge is 0.383 e. The molecule has 1 aromatic rings. The van der Waals surface area contributed by atoms with E-state index in [-0.39, 0.29) is 5.91 Å². The van der Waals surface area contributed by atoms with E-state index in [9.17, 15) is 4.79 Å². The van der Waals surface area contributed by atoms with Crippen LogP contribution in [-0.4, -0.2) is 17.3 Å².